The van der Waals surface area contributed by atoms with Crippen LogP contribution in [0.4, 0.5) is 0 Å². The second kappa shape index (κ2) is 6.00. The molecule has 23 heavy (non-hydrogen) atoms. The minimum absolute atomic E-state index is 0.0923. The number of nitrogens with zero attached hydrogens (tertiary/aromatic N) is 3. The van der Waals surface area contributed by atoms with Crippen LogP contribution in [0.25, 0.3) is 5.69 Å². The molecule has 8 heteroatoms. The fourth-order valence-electron chi connectivity index (χ4n) is 2.17. The van der Waals surface area contributed by atoms with Crippen molar-refractivity contribution in [3.05, 3.63) is 55.8 Å². The Morgan fingerprint density at radius 3 is 2.52 bits per heavy atom. The monoisotopic (exact) mass is 334 g/mol. The van der Waals surface area contributed by atoms with E-state index in [1.807, 2.05) is 0 Å². The van der Waals surface area contributed by atoms with Gasteiger partial charge in [-0.1, -0.05) is 11.6 Å². The van der Waals surface area contributed by atoms with Gasteiger partial charge in [-0.3, -0.25) is 14.2 Å². The summed E-state index contributed by atoms with van der Waals surface area (Å²) < 4.78 is 2.03. The third-order valence-electron chi connectivity index (χ3n) is 3.57. The summed E-state index contributed by atoms with van der Waals surface area (Å²) >= 11 is 5.84. The molecule has 1 aliphatic rings. The van der Waals surface area contributed by atoms with Gasteiger partial charge in [0, 0.05) is 17.6 Å². The van der Waals surface area contributed by atoms with Gasteiger partial charge in [0.15, 0.2) is 0 Å². The Morgan fingerprint density at radius 2 is 1.96 bits per heavy atom. The third kappa shape index (κ3) is 3.05. The number of nitrogens with one attached hydrogen (secondary N) is 1. The zero-order valence-corrected chi connectivity index (χ0v) is 13.2. The van der Waals surface area contributed by atoms with E-state index >= 15 is 0 Å². The Balaban J connectivity index is 2.15. The van der Waals surface area contributed by atoms with Crippen LogP contribution >= 0.6 is 11.6 Å². The first kappa shape index (κ1) is 15.5. The second-order valence-electron chi connectivity index (χ2n) is 5.32. The molecular formula is C15H15ClN4O3. The molecule has 1 amide bonds. The molecule has 0 saturated heterocycles. The molecule has 1 N–H and O–H groups in total. The van der Waals surface area contributed by atoms with Crippen molar-refractivity contribution in [3.63, 3.8) is 0 Å². The zero-order chi connectivity index (χ0) is 16.6. The predicted molar refractivity (Wildman–Crippen MR) is 85.3 cm³/mol. The lowest BCUT2D eigenvalue weighted by Crippen LogP contribution is -2.45. The third-order valence-corrected chi connectivity index (χ3v) is 3.83. The Hall–Kier alpha value is -2.41. The average molecular weight is 335 g/mol. The first-order valence-electron chi connectivity index (χ1n) is 7.32. The molecule has 0 radical (unpaired) electrons. The number of hydrogen-bond acceptors (Lipinski definition) is 4. The van der Waals surface area contributed by atoms with E-state index in [2.05, 4.69) is 10.4 Å². The lowest BCUT2D eigenvalue weighted by Gasteiger charge is -2.10. The van der Waals surface area contributed by atoms with Crippen molar-refractivity contribution in [1.82, 2.24) is 19.7 Å². The van der Waals surface area contributed by atoms with Crippen molar-refractivity contribution in [2.45, 2.75) is 32.4 Å². The van der Waals surface area contributed by atoms with Crippen LogP contribution in [0.3, 0.4) is 0 Å². The number of amides is 1. The molecular weight excluding hydrogens is 320 g/mol. The Kier molecular flexibility index (Phi) is 4.04. The van der Waals surface area contributed by atoms with Crippen LogP contribution in [0.2, 0.25) is 5.02 Å². The number of benzene rings is 1. The van der Waals surface area contributed by atoms with Crippen LogP contribution in [0, 0.1) is 0 Å². The van der Waals surface area contributed by atoms with Crippen LogP contribution in [0.15, 0.2) is 33.9 Å². The van der Waals surface area contributed by atoms with E-state index in [-0.39, 0.29) is 18.3 Å². The summed E-state index contributed by atoms with van der Waals surface area (Å²) in [4.78, 5) is 36.9. The van der Waals surface area contributed by atoms with E-state index in [1.165, 1.54) is 0 Å². The molecule has 1 aromatic heterocycles. The lowest BCUT2D eigenvalue weighted by atomic mass is 10.3. The molecule has 0 aliphatic heterocycles. The van der Waals surface area contributed by atoms with Crippen LogP contribution in [0.5, 0.6) is 0 Å². The number of hydrogen-bond donors (Lipinski definition) is 1. The molecule has 1 aliphatic carbocycles. The van der Waals surface area contributed by atoms with Gasteiger partial charge in [0.1, 0.15) is 0 Å². The molecule has 2 aromatic rings. The standard InChI is InChI=1S/C15H15ClN4O3/c1-2-19-14(22)12(13(21)17-10-5-6-10)18-20(15(19)23)11-7-3-9(16)4-8-11/h3-4,7-8,10H,2,5-6H2,1H3,(H,17,21). The SMILES string of the molecule is CCn1c(=O)c(C(=O)NC2CC2)nn(-c2ccc(Cl)cc2)c1=O. The van der Waals surface area contributed by atoms with Gasteiger partial charge < -0.3 is 5.32 Å². The summed E-state index contributed by atoms with van der Waals surface area (Å²) in [5.74, 6) is -0.553. The first-order valence-corrected chi connectivity index (χ1v) is 7.70. The average Bonchev–Trinajstić information content (AvgIpc) is 3.33. The number of carbonyl (C=O) groups is 1. The maximum absolute atomic E-state index is 12.4. The maximum atomic E-state index is 12.4. The van der Waals surface area contributed by atoms with Crippen molar-refractivity contribution in [2.75, 3.05) is 0 Å². The van der Waals surface area contributed by atoms with E-state index in [0.29, 0.717) is 10.7 Å². The Bertz CT molecular complexity index is 866. The van der Waals surface area contributed by atoms with Gasteiger partial charge in [-0.25, -0.2) is 4.79 Å². The highest BCUT2D eigenvalue weighted by molar-refractivity contribution is 6.30. The summed E-state index contributed by atoms with van der Waals surface area (Å²) in [6.07, 6.45) is 1.79. The molecule has 1 fully saturated rings. The van der Waals surface area contributed by atoms with Crippen LogP contribution in [-0.4, -0.2) is 26.3 Å². The molecule has 1 heterocycles. The summed E-state index contributed by atoms with van der Waals surface area (Å²) in [7, 11) is 0. The van der Waals surface area contributed by atoms with E-state index in [1.54, 1.807) is 31.2 Å². The topological polar surface area (TPSA) is 86.0 Å². The van der Waals surface area contributed by atoms with Crippen molar-refractivity contribution >= 4 is 17.5 Å². The highest BCUT2D eigenvalue weighted by Gasteiger charge is 2.27. The minimum atomic E-state index is -0.680. The minimum Gasteiger partial charge on any atom is -0.348 e. The van der Waals surface area contributed by atoms with Crippen molar-refractivity contribution in [1.29, 1.82) is 0 Å². The van der Waals surface area contributed by atoms with E-state index < -0.39 is 17.2 Å². The van der Waals surface area contributed by atoms with Crippen LogP contribution < -0.4 is 16.6 Å². The first-order chi connectivity index (χ1) is 11.0. The maximum Gasteiger partial charge on any atom is 0.352 e. The molecule has 1 saturated carbocycles. The summed E-state index contributed by atoms with van der Waals surface area (Å²) in [6, 6.07) is 6.51. The van der Waals surface area contributed by atoms with Crippen molar-refractivity contribution in [3.8, 4) is 5.69 Å². The summed E-state index contributed by atoms with van der Waals surface area (Å²) in [5, 5.41) is 7.21. The number of carbonyl (C=O) groups excluding carboxylic acids is 1. The molecule has 1 aromatic carbocycles. The summed E-state index contributed by atoms with van der Waals surface area (Å²) in [5.41, 5.74) is -1.13. The van der Waals surface area contributed by atoms with E-state index in [9.17, 15) is 14.4 Å². The van der Waals surface area contributed by atoms with Crippen LogP contribution in [0.1, 0.15) is 30.3 Å². The fraction of sp³-hybridized carbons (Fsp3) is 0.333. The largest absolute Gasteiger partial charge is 0.352 e. The fourth-order valence-corrected chi connectivity index (χ4v) is 2.29. The molecule has 7 nitrogen and oxygen atoms in total. The molecule has 0 unspecified atom stereocenters. The van der Waals surface area contributed by atoms with E-state index in [0.717, 1.165) is 22.1 Å². The van der Waals surface area contributed by atoms with Gasteiger partial charge in [0.05, 0.1) is 5.69 Å². The highest BCUT2D eigenvalue weighted by Crippen LogP contribution is 2.18. The molecule has 120 valence electrons. The van der Waals surface area contributed by atoms with Crippen LogP contribution in [-0.2, 0) is 6.54 Å². The predicted octanol–water partition coefficient (Wildman–Crippen LogP) is 0.960. The van der Waals surface area contributed by atoms with Gasteiger partial charge in [-0.2, -0.15) is 9.78 Å². The Morgan fingerprint density at radius 1 is 1.30 bits per heavy atom. The van der Waals surface area contributed by atoms with Gasteiger partial charge in [-0.05, 0) is 44.0 Å². The Labute approximate surface area is 136 Å². The second-order valence-corrected chi connectivity index (χ2v) is 5.75. The quantitative estimate of drug-likeness (QED) is 0.902. The molecule has 0 spiro atoms. The molecule has 0 atom stereocenters. The van der Waals surface area contributed by atoms with Gasteiger partial charge in [0.2, 0.25) is 5.69 Å². The summed E-state index contributed by atoms with van der Waals surface area (Å²) in [6.45, 7) is 1.81. The lowest BCUT2D eigenvalue weighted by molar-refractivity contribution is 0.0941. The smallest absolute Gasteiger partial charge is 0.348 e. The van der Waals surface area contributed by atoms with E-state index in [4.69, 9.17) is 11.6 Å². The zero-order valence-electron chi connectivity index (χ0n) is 12.5. The molecule has 0 bridgehead atoms. The normalized spacial score (nSPS) is 13.8. The van der Waals surface area contributed by atoms with Gasteiger partial charge in [-0.15, -0.1) is 0 Å². The highest BCUT2D eigenvalue weighted by atomic mass is 35.5. The van der Waals surface area contributed by atoms with Gasteiger partial charge in [0.25, 0.3) is 11.5 Å². The van der Waals surface area contributed by atoms with Crippen molar-refractivity contribution in [2.24, 2.45) is 0 Å². The van der Waals surface area contributed by atoms with Gasteiger partial charge >= 0.3 is 5.69 Å². The number of aromatic nitrogens is 3. The number of halogens is 1. The number of rotatable bonds is 4. The van der Waals surface area contributed by atoms with Crippen molar-refractivity contribution < 1.29 is 4.79 Å². The molecule has 3 rings (SSSR count).